The van der Waals surface area contributed by atoms with Crippen molar-refractivity contribution in [3.8, 4) is 0 Å². The van der Waals surface area contributed by atoms with Crippen molar-refractivity contribution >= 4 is 15.9 Å². The molecule has 0 amide bonds. The van der Waals surface area contributed by atoms with Gasteiger partial charge in [0.05, 0.1) is 6.61 Å². The minimum atomic E-state index is -0.232. The molecule has 1 aromatic rings. The Kier molecular flexibility index (Phi) is 4.72. The van der Waals surface area contributed by atoms with Crippen molar-refractivity contribution in [2.24, 2.45) is 0 Å². The molecule has 1 atom stereocenters. The molecule has 18 heavy (non-hydrogen) atoms. The zero-order valence-corrected chi connectivity index (χ0v) is 11.9. The smallest absolute Gasteiger partial charge is 0.124 e. The summed E-state index contributed by atoms with van der Waals surface area (Å²) in [5, 5.41) is 3.30. The first-order valence-electron chi connectivity index (χ1n) is 5.92. The molecule has 1 aliphatic rings. The van der Waals surface area contributed by atoms with E-state index < -0.39 is 0 Å². The van der Waals surface area contributed by atoms with Crippen molar-refractivity contribution in [2.45, 2.75) is 18.6 Å². The van der Waals surface area contributed by atoms with E-state index in [1.165, 1.54) is 12.1 Å². The summed E-state index contributed by atoms with van der Waals surface area (Å²) in [5.41, 5.74) is 0.678. The van der Waals surface area contributed by atoms with Gasteiger partial charge in [0, 0.05) is 37.7 Å². The highest BCUT2D eigenvalue weighted by Gasteiger charge is 2.34. The van der Waals surface area contributed by atoms with Crippen molar-refractivity contribution in [1.29, 1.82) is 0 Å². The quantitative estimate of drug-likeness (QED) is 0.905. The molecule has 5 heteroatoms. The molecule has 1 unspecified atom stereocenters. The van der Waals surface area contributed by atoms with E-state index in [1.54, 1.807) is 7.11 Å². The standard InChI is InChI=1S/C13H17BrFNO2/c1-17-13(2-3-18-9-13)8-16-7-10-4-11(14)6-12(15)5-10/h4-6,16H,2-3,7-9H2,1H3. The van der Waals surface area contributed by atoms with Crippen LogP contribution >= 0.6 is 15.9 Å². The van der Waals surface area contributed by atoms with Crippen LogP contribution in [0.3, 0.4) is 0 Å². The number of nitrogens with one attached hydrogen (secondary N) is 1. The predicted molar refractivity (Wildman–Crippen MR) is 71.0 cm³/mol. The summed E-state index contributed by atoms with van der Waals surface area (Å²) in [6.07, 6.45) is 0.892. The summed E-state index contributed by atoms with van der Waals surface area (Å²) in [4.78, 5) is 0. The summed E-state index contributed by atoms with van der Waals surface area (Å²) < 4.78 is 24.8. The highest BCUT2D eigenvalue weighted by atomic mass is 79.9. The molecular formula is C13H17BrFNO2. The fraction of sp³-hybridized carbons (Fsp3) is 0.538. The fourth-order valence-electron chi connectivity index (χ4n) is 2.11. The lowest BCUT2D eigenvalue weighted by molar-refractivity contribution is -0.0159. The van der Waals surface area contributed by atoms with Gasteiger partial charge in [-0.05, 0) is 23.8 Å². The maximum atomic E-state index is 13.2. The lowest BCUT2D eigenvalue weighted by Gasteiger charge is -2.26. The molecule has 0 spiro atoms. The molecule has 1 N–H and O–H groups in total. The minimum absolute atomic E-state index is 0.230. The van der Waals surface area contributed by atoms with Gasteiger partial charge in [-0.25, -0.2) is 4.39 Å². The predicted octanol–water partition coefficient (Wildman–Crippen LogP) is 2.48. The maximum Gasteiger partial charge on any atom is 0.124 e. The van der Waals surface area contributed by atoms with Crippen molar-refractivity contribution in [3.63, 3.8) is 0 Å². The molecule has 1 aliphatic heterocycles. The molecule has 1 saturated heterocycles. The number of rotatable bonds is 5. The van der Waals surface area contributed by atoms with Crippen molar-refractivity contribution in [1.82, 2.24) is 5.32 Å². The molecule has 1 aromatic carbocycles. The zero-order valence-electron chi connectivity index (χ0n) is 10.3. The van der Waals surface area contributed by atoms with Gasteiger partial charge < -0.3 is 14.8 Å². The van der Waals surface area contributed by atoms with Crippen LogP contribution in [-0.2, 0) is 16.0 Å². The van der Waals surface area contributed by atoms with Crippen LogP contribution in [0.15, 0.2) is 22.7 Å². The van der Waals surface area contributed by atoms with E-state index in [0.29, 0.717) is 19.7 Å². The molecule has 0 aromatic heterocycles. The number of halogens is 2. The monoisotopic (exact) mass is 317 g/mol. The van der Waals surface area contributed by atoms with E-state index in [4.69, 9.17) is 9.47 Å². The molecule has 0 bridgehead atoms. The molecule has 2 rings (SSSR count). The van der Waals surface area contributed by atoms with Crippen LogP contribution in [0.1, 0.15) is 12.0 Å². The van der Waals surface area contributed by atoms with Crippen LogP contribution < -0.4 is 5.32 Å². The van der Waals surface area contributed by atoms with Crippen LogP contribution in [-0.4, -0.2) is 32.5 Å². The summed E-state index contributed by atoms with van der Waals surface area (Å²) in [7, 11) is 1.70. The Labute approximate surface area is 115 Å². The minimum Gasteiger partial charge on any atom is -0.378 e. The van der Waals surface area contributed by atoms with Crippen molar-refractivity contribution in [2.75, 3.05) is 26.9 Å². The van der Waals surface area contributed by atoms with Gasteiger partial charge in [-0.2, -0.15) is 0 Å². The Morgan fingerprint density at radius 3 is 2.94 bits per heavy atom. The first-order valence-corrected chi connectivity index (χ1v) is 6.71. The third-order valence-corrected chi connectivity index (χ3v) is 3.66. The maximum absolute atomic E-state index is 13.2. The second kappa shape index (κ2) is 6.10. The average Bonchev–Trinajstić information content (AvgIpc) is 2.77. The first-order chi connectivity index (χ1) is 8.63. The average molecular weight is 318 g/mol. The summed E-state index contributed by atoms with van der Waals surface area (Å²) >= 11 is 3.28. The highest BCUT2D eigenvalue weighted by Crippen LogP contribution is 2.21. The van der Waals surface area contributed by atoms with E-state index in [-0.39, 0.29) is 11.4 Å². The van der Waals surface area contributed by atoms with Gasteiger partial charge in [0.2, 0.25) is 0 Å². The number of benzene rings is 1. The Balaban J connectivity index is 1.87. The molecule has 3 nitrogen and oxygen atoms in total. The van der Waals surface area contributed by atoms with Gasteiger partial charge in [0.15, 0.2) is 0 Å². The van der Waals surface area contributed by atoms with E-state index in [0.717, 1.165) is 23.1 Å². The molecule has 100 valence electrons. The van der Waals surface area contributed by atoms with E-state index in [9.17, 15) is 4.39 Å². The fourth-order valence-corrected chi connectivity index (χ4v) is 2.62. The lowest BCUT2D eigenvalue weighted by atomic mass is 10.0. The van der Waals surface area contributed by atoms with Crippen molar-refractivity contribution < 1.29 is 13.9 Å². The Morgan fingerprint density at radius 2 is 2.33 bits per heavy atom. The SMILES string of the molecule is COC1(CNCc2cc(F)cc(Br)c2)CCOC1. The van der Waals surface area contributed by atoms with Gasteiger partial charge in [0.1, 0.15) is 11.4 Å². The third-order valence-electron chi connectivity index (χ3n) is 3.20. The van der Waals surface area contributed by atoms with Crippen LogP contribution in [0.2, 0.25) is 0 Å². The molecular weight excluding hydrogens is 301 g/mol. The summed E-state index contributed by atoms with van der Waals surface area (Å²) in [6.45, 7) is 2.67. The Morgan fingerprint density at radius 1 is 1.50 bits per heavy atom. The van der Waals surface area contributed by atoms with Gasteiger partial charge in [-0.15, -0.1) is 0 Å². The van der Waals surface area contributed by atoms with Crippen LogP contribution in [0.25, 0.3) is 0 Å². The number of hydrogen-bond acceptors (Lipinski definition) is 3. The van der Waals surface area contributed by atoms with E-state index >= 15 is 0 Å². The Bertz CT molecular complexity index is 388. The van der Waals surface area contributed by atoms with Crippen LogP contribution in [0.5, 0.6) is 0 Å². The molecule has 1 heterocycles. The molecule has 0 aliphatic carbocycles. The van der Waals surface area contributed by atoms with Gasteiger partial charge in [0.25, 0.3) is 0 Å². The zero-order chi connectivity index (χ0) is 13.0. The van der Waals surface area contributed by atoms with Gasteiger partial charge in [-0.1, -0.05) is 15.9 Å². The Hall–Kier alpha value is -0.490. The second-order valence-corrected chi connectivity index (χ2v) is 5.49. The molecule has 0 radical (unpaired) electrons. The lowest BCUT2D eigenvalue weighted by Crippen LogP contribution is -2.42. The summed E-state index contributed by atoms with van der Waals surface area (Å²) in [5.74, 6) is -0.230. The van der Waals surface area contributed by atoms with Crippen molar-refractivity contribution in [3.05, 3.63) is 34.1 Å². The number of ether oxygens (including phenoxy) is 2. The topological polar surface area (TPSA) is 30.5 Å². The first kappa shape index (κ1) is 13.9. The molecule has 0 saturated carbocycles. The molecule has 1 fully saturated rings. The largest absolute Gasteiger partial charge is 0.378 e. The third kappa shape index (κ3) is 3.51. The highest BCUT2D eigenvalue weighted by molar-refractivity contribution is 9.10. The van der Waals surface area contributed by atoms with Crippen LogP contribution in [0.4, 0.5) is 4.39 Å². The second-order valence-electron chi connectivity index (χ2n) is 4.57. The number of hydrogen-bond donors (Lipinski definition) is 1. The van der Waals surface area contributed by atoms with E-state index in [2.05, 4.69) is 21.2 Å². The normalized spacial score (nSPS) is 23.5. The van der Waals surface area contributed by atoms with Gasteiger partial charge in [-0.3, -0.25) is 0 Å². The summed E-state index contributed by atoms with van der Waals surface area (Å²) in [6, 6.07) is 4.88. The van der Waals surface area contributed by atoms with Gasteiger partial charge >= 0.3 is 0 Å². The van der Waals surface area contributed by atoms with E-state index in [1.807, 2.05) is 6.07 Å². The number of methoxy groups -OCH3 is 1. The van der Waals surface area contributed by atoms with Crippen LogP contribution in [0, 0.1) is 5.82 Å².